The second kappa shape index (κ2) is 22.7. The van der Waals surface area contributed by atoms with Gasteiger partial charge in [-0.1, -0.05) is 54.4 Å². The lowest BCUT2D eigenvalue weighted by molar-refractivity contribution is 0.353. The van der Waals surface area contributed by atoms with Crippen LogP contribution in [0, 0.1) is 0 Å². The Kier molecular flexibility index (Phi) is 32.6. The summed E-state index contributed by atoms with van der Waals surface area (Å²) in [4.78, 5) is 2.31. The fraction of sp³-hybridized carbons (Fsp3) is 1.00. The van der Waals surface area contributed by atoms with E-state index in [2.05, 4.69) is 39.6 Å². The summed E-state index contributed by atoms with van der Waals surface area (Å²) in [6.07, 6.45) is 3.91. The van der Waals surface area contributed by atoms with E-state index in [1.807, 2.05) is 13.8 Å². The molecule has 1 nitrogen and oxygen atoms in total. The van der Waals surface area contributed by atoms with Gasteiger partial charge < -0.3 is 4.90 Å². The third-order valence-corrected chi connectivity index (χ3v) is 1.65. The molecular formula is C12H31N. The molecule has 13 heavy (non-hydrogen) atoms. The quantitative estimate of drug-likeness (QED) is 0.641. The molecule has 0 amide bonds. The lowest BCUT2D eigenvalue weighted by atomic mass is 10.4. The molecule has 0 aliphatic heterocycles. The highest BCUT2D eigenvalue weighted by Gasteiger charge is 1.86. The summed E-state index contributed by atoms with van der Waals surface area (Å²) in [7, 11) is 2.14. The van der Waals surface area contributed by atoms with Crippen LogP contribution < -0.4 is 0 Å². The molecule has 0 aromatic carbocycles. The molecule has 0 bridgehead atoms. The van der Waals surface area contributed by atoms with Gasteiger partial charge in [-0.3, -0.25) is 0 Å². The normalized spacial score (nSPS) is 8.31. The lowest BCUT2D eigenvalue weighted by Gasteiger charge is -2.10. The van der Waals surface area contributed by atoms with Crippen LogP contribution in [0.5, 0.6) is 0 Å². The fourth-order valence-electron chi connectivity index (χ4n) is 0.540. The predicted octanol–water partition coefficient (Wildman–Crippen LogP) is 4.18. The summed E-state index contributed by atoms with van der Waals surface area (Å²) in [6, 6.07) is 0. The van der Waals surface area contributed by atoms with Gasteiger partial charge in [0.15, 0.2) is 0 Å². The van der Waals surface area contributed by atoms with Gasteiger partial charge in [0.1, 0.15) is 0 Å². The zero-order chi connectivity index (χ0) is 11.1. The third kappa shape index (κ3) is 33.4. The first-order chi connectivity index (χ1) is 6.22. The van der Waals surface area contributed by atoms with E-state index >= 15 is 0 Å². The Labute approximate surface area is 86.5 Å². The van der Waals surface area contributed by atoms with Gasteiger partial charge in [0.2, 0.25) is 0 Å². The van der Waals surface area contributed by atoms with Crippen LogP contribution >= 0.6 is 0 Å². The standard InChI is InChI=1S/C6H15N.C4H10.C2H6/c1-4-6-7(3)5-2;1-3-4-2;1-2/h4-6H2,1-3H3;3-4H2,1-2H3;1-2H3. The van der Waals surface area contributed by atoms with Crippen molar-refractivity contribution in [3.8, 4) is 0 Å². The monoisotopic (exact) mass is 189 g/mol. The van der Waals surface area contributed by atoms with E-state index in [1.54, 1.807) is 0 Å². The molecule has 0 fully saturated rings. The van der Waals surface area contributed by atoms with Crippen molar-refractivity contribution in [2.75, 3.05) is 20.1 Å². The maximum atomic E-state index is 2.31. The summed E-state index contributed by atoms with van der Waals surface area (Å²) in [6.45, 7) is 15.1. The molecule has 0 aliphatic carbocycles. The first-order valence-corrected chi connectivity index (χ1v) is 5.91. The van der Waals surface area contributed by atoms with Crippen molar-refractivity contribution < 1.29 is 0 Å². The van der Waals surface area contributed by atoms with E-state index in [4.69, 9.17) is 0 Å². The molecule has 0 rings (SSSR count). The number of hydrogen-bond donors (Lipinski definition) is 0. The molecule has 0 unspecified atom stereocenters. The molecule has 0 N–H and O–H groups in total. The van der Waals surface area contributed by atoms with Crippen molar-refractivity contribution in [2.24, 2.45) is 0 Å². The van der Waals surface area contributed by atoms with Crippen molar-refractivity contribution in [1.82, 2.24) is 4.90 Å². The lowest BCUT2D eigenvalue weighted by Crippen LogP contribution is -2.17. The smallest absolute Gasteiger partial charge is 0.00245 e. The fourth-order valence-corrected chi connectivity index (χ4v) is 0.540. The van der Waals surface area contributed by atoms with Crippen LogP contribution in [0.2, 0.25) is 0 Å². The zero-order valence-corrected chi connectivity index (χ0v) is 11.0. The first-order valence-electron chi connectivity index (χ1n) is 5.91. The Hall–Kier alpha value is -0.0400. The molecule has 1 heteroatoms. The summed E-state index contributed by atoms with van der Waals surface area (Å²) in [5.41, 5.74) is 0. The van der Waals surface area contributed by atoms with E-state index in [-0.39, 0.29) is 0 Å². The third-order valence-electron chi connectivity index (χ3n) is 1.65. The van der Waals surface area contributed by atoms with Gasteiger partial charge in [-0.15, -0.1) is 0 Å². The van der Waals surface area contributed by atoms with Gasteiger partial charge in [0.25, 0.3) is 0 Å². The maximum Gasteiger partial charge on any atom is -0.00245 e. The van der Waals surface area contributed by atoms with Gasteiger partial charge in [-0.25, -0.2) is 0 Å². The predicted molar refractivity (Wildman–Crippen MR) is 65.4 cm³/mol. The highest BCUT2D eigenvalue weighted by molar-refractivity contribution is 4.41. The molecule has 0 aromatic rings. The highest BCUT2D eigenvalue weighted by Crippen LogP contribution is 1.82. The van der Waals surface area contributed by atoms with Crippen molar-refractivity contribution in [2.45, 2.75) is 60.8 Å². The second-order valence-electron chi connectivity index (χ2n) is 2.90. The Balaban J connectivity index is -0.000000142. The molecule has 0 saturated carbocycles. The zero-order valence-electron chi connectivity index (χ0n) is 11.0. The molecule has 0 radical (unpaired) electrons. The van der Waals surface area contributed by atoms with E-state index in [9.17, 15) is 0 Å². The Morgan fingerprint density at radius 1 is 0.769 bits per heavy atom. The van der Waals surface area contributed by atoms with Gasteiger partial charge in [-0.2, -0.15) is 0 Å². The van der Waals surface area contributed by atoms with Crippen molar-refractivity contribution in [3.05, 3.63) is 0 Å². The average Bonchev–Trinajstić information content (AvgIpc) is 2.21. The average molecular weight is 189 g/mol. The van der Waals surface area contributed by atoms with Crippen LogP contribution in [0.25, 0.3) is 0 Å². The summed E-state index contributed by atoms with van der Waals surface area (Å²) in [5.74, 6) is 0. The molecule has 0 saturated heterocycles. The molecule has 0 aliphatic rings. The van der Waals surface area contributed by atoms with Crippen LogP contribution in [0.3, 0.4) is 0 Å². The van der Waals surface area contributed by atoms with E-state index in [1.165, 1.54) is 32.4 Å². The second-order valence-corrected chi connectivity index (χ2v) is 2.90. The SMILES string of the molecule is CC.CCCC.CCCN(C)CC. The molecular weight excluding hydrogens is 158 g/mol. The summed E-state index contributed by atoms with van der Waals surface area (Å²) in [5, 5.41) is 0. The van der Waals surface area contributed by atoms with Crippen molar-refractivity contribution in [3.63, 3.8) is 0 Å². The maximum absolute atomic E-state index is 2.31. The Morgan fingerprint density at radius 2 is 1.15 bits per heavy atom. The van der Waals surface area contributed by atoms with Crippen LogP contribution in [-0.2, 0) is 0 Å². The molecule has 0 heterocycles. The summed E-state index contributed by atoms with van der Waals surface area (Å²) >= 11 is 0. The summed E-state index contributed by atoms with van der Waals surface area (Å²) < 4.78 is 0. The number of unbranched alkanes of at least 4 members (excludes halogenated alkanes) is 1. The van der Waals surface area contributed by atoms with E-state index < -0.39 is 0 Å². The van der Waals surface area contributed by atoms with Crippen molar-refractivity contribution in [1.29, 1.82) is 0 Å². The van der Waals surface area contributed by atoms with Gasteiger partial charge >= 0.3 is 0 Å². The number of hydrogen-bond acceptors (Lipinski definition) is 1. The number of nitrogens with zero attached hydrogens (tertiary/aromatic N) is 1. The Bertz CT molecular complexity index is 51.1. The minimum absolute atomic E-state index is 1.17. The van der Waals surface area contributed by atoms with Gasteiger partial charge in [0.05, 0.1) is 0 Å². The molecule has 0 atom stereocenters. The van der Waals surface area contributed by atoms with E-state index in [0.717, 1.165) is 0 Å². The molecule has 0 spiro atoms. The first kappa shape index (κ1) is 18.7. The van der Waals surface area contributed by atoms with Crippen LogP contribution in [-0.4, -0.2) is 25.0 Å². The van der Waals surface area contributed by atoms with Gasteiger partial charge in [0, 0.05) is 0 Å². The Morgan fingerprint density at radius 3 is 1.23 bits per heavy atom. The van der Waals surface area contributed by atoms with E-state index in [0.29, 0.717) is 0 Å². The largest absolute Gasteiger partial charge is 0.307 e. The number of rotatable bonds is 4. The van der Waals surface area contributed by atoms with Crippen molar-refractivity contribution >= 4 is 0 Å². The van der Waals surface area contributed by atoms with Crippen LogP contribution in [0.1, 0.15) is 60.8 Å². The van der Waals surface area contributed by atoms with Crippen LogP contribution in [0.15, 0.2) is 0 Å². The highest BCUT2D eigenvalue weighted by atomic mass is 15.1. The topological polar surface area (TPSA) is 3.24 Å². The minimum atomic E-state index is 1.17. The van der Waals surface area contributed by atoms with Gasteiger partial charge in [-0.05, 0) is 26.6 Å². The molecule has 0 aromatic heterocycles. The molecule has 84 valence electrons. The van der Waals surface area contributed by atoms with Crippen LogP contribution in [0.4, 0.5) is 0 Å². The minimum Gasteiger partial charge on any atom is -0.307 e.